The topological polar surface area (TPSA) is 0 Å². The monoisotopic (exact) mass is 400 g/mol. The Morgan fingerprint density at radius 3 is 1.56 bits per heavy atom. The van der Waals surface area contributed by atoms with Gasteiger partial charge < -0.3 is 24.8 Å². The van der Waals surface area contributed by atoms with Gasteiger partial charge in [-0.3, -0.25) is 0 Å². The summed E-state index contributed by atoms with van der Waals surface area (Å²) in [5.41, 5.74) is 9.90. The summed E-state index contributed by atoms with van der Waals surface area (Å²) in [6, 6.07) is 18.5. The molecule has 2 fully saturated rings. The van der Waals surface area contributed by atoms with Gasteiger partial charge in [-0.05, 0) is 0 Å². The van der Waals surface area contributed by atoms with E-state index in [-0.39, 0.29) is 44.0 Å². The third-order valence-electron chi connectivity index (χ3n) is 6.56. The minimum atomic E-state index is -0.144. The molecule has 4 aliphatic rings. The second-order valence-electron chi connectivity index (χ2n) is 7.45. The first-order valence-electron chi connectivity index (χ1n) is 8.72. The van der Waals surface area contributed by atoms with Crippen molar-refractivity contribution < 1.29 is 44.0 Å². The molecule has 3 heteroatoms. The Morgan fingerprint density at radius 2 is 1.08 bits per heavy atom. The van der Waals surface area contributed by atoms with Gasteiger partial charge in [0.2, 0.25) is 0 Å². The Morgan fingerprint density at radius 1 is 0.640 bits per heavy atom. The summed E-state index contributed by atoms with van der Waals surface area (Å²) in [7, 11) is 0. The van der Waals surface area contributed by atoms with E-state index in [1.165, 1.54) is 36.8 Å². The first kappa shape index (κ1) is 17.6. The Balaban J connectivity index is 0.000000784. The van der Waals surface area contributed by atoms with Crippen LogP contribution in [0.5, 0.6) is 0 Å². The molecule has 0 nitrogen and oxygen atoms in total. The minimum absolute atomic E-state index is 0. The summed E-state index contributed by atoms with van der Waals surface area (Å²) >= 11 is -0.144. The van der Waals surface area contributed by atoms with Gasteiger partial charge in [0.1, 0.15) is 0 Å². The molecule has 0 N–H and O–H groups in total. The molecule has 2 spiro atoms. The summed E-state index contributed by atoms with van der Waals surface area (Å²) in [4.78, 5) is 0. The van der Waals surface area contributed by atoms with E-state index >= 15 is 0 Å². The molecular formula is C22H18Cl2Ti. The molecule has 2 aromatic carbocycles. The largest absolute Gasteiger partial charge is 1.00 e. The van der Waals surface area contributed by atoms with Crippen LogP contribution in [0.2, 0.25) is 0 Å². The standard InChI is InChI=1S/C22H18.2ClH.Ti/c1-3-7-19-15(5-1)13-17-9-12-22-18(10-11-21(17)19)14-16-6-2-4-8-20(16)22;;;/h1-8,13-14H,9-12H2;2*1H;/q;;;+2/p-2. The minimum Gasteiger partial charge on any atom is -1.00 e. The van der Waals surface area contributed by atoms with Crippen molar-refractivity contribution in [3.8, 4) is 0 Å². The smallest absolute Gasteiger partial charge is 1.00 e. The van der Waals surface area contributed by atoms with Gasteiger partial charge in [0.05, 0.1) is 0 Å². The summed E-state index contributed by atoms with van der Waals surface area (Å²) in [6.45, 7) is 0. The average Bonchev–Trinajstić information content (AvgIpc) is 3.07. The van der Waals surface area contributed by atoms with Gasteiger partial charge in [-0.15, -0.1) is 0 Å². The molecule has 2 aliphatic heterocycles. The van der Waals surface area contributed by atoms with Crippen molar-refractivity contribution in [1.29, 1.82) is 0 Å². The molecular weight excluding hydrogens is 383 g/mol. The van der Waals surface area contributed by atoms with Crippen LogP contribution in [0.1, 0.15) is 47.9 Å². The second kappa shape index (κ2) is 5.86. The maximum absolute atomic E-state index is 2.54. The van der Waals surface area contributed by atoms with Crippen LogP contribution in [0.15, 0.2) is 59.7 Å². The predicted molar refractivity (Wildman–Crippen MR) is 90.7 cm³/mol. The quantitative estimate of drug-likeness (QED) is 0.510. The van der Waals surface area contributed by atoms with E-state index in [0.717, 1.165) is 0 Å². The summed E-state index contributed by atoms with van der Waals surface area (Å²) in [6.07, 6.45) is 10.4. The van der Waals surface area contributed by atoms with Crippen molar-refractivity contribution in [1.82, 2.24) is 0 Å². The van der Waals surface area contributed by atoms with E-state index in [1.54, 1.807) is 22.3 Å². The van der Waals surface area contributed by atoms with Crippen molar-refractivity contribution in [2.45, 2.75) is 33.1 Å². The molecule has 2 aromatic rings. The first-order valence-corrected chi connectivity index (χ1v) is 10.3. The van der Waals surface area contributed by atoms with Crippen LogP contribution in [0.4, 0.5) is 0 Å². The van der Waals surface area contributed by atoms with Crippen LogP contribution in [0.3, 0.4) is 0 Å². The van der Waals surface area contributed by atoms with E-state index in [9.17, 15) is 0 Å². The van der Waals surface area contributed by atoms with E-state index in [0.29, 0.717) is 7.44 Å². The Hall–Kier alpha value is -0.786. The van der Waals surface area contributed by atoms with Crippen molar-refractivity contribution in [2.75, 3.05) is 0 Å². The Labute approximate surface area is 170 Å². The molecule has 2 aliphatic carbocycles. The molecule has 2 bridgehead atoms. The maximum Gasteiger partial charge on any atom is -1.00 e. The molecule has 0 radical (unpaired) electrons. The third-order valence-corrected chi connectivity index (χ3v) is 10.5. The van der Waals surface area contributed by atoms with Crippen LogP contribution in [-0.4, -0.2) is 0 Å². The zero-order valence-electron chi connectivity index (χ0n) is 13.9. The fourth-order valence-corrected chi connectivity index (χ4v) is 9.75. The number of halogens is 2. The van der Waals surface area contributed by atoms with Gasteiger partial charge in [-0.2, -0.15) is 0 Å². The fourth-order valence-electron chi connectivity index (χ4n) is 5.58. The van der Waals surface area contributed by atoms with Gasteiger partial charge in [0, 0.05) is 0 Å². The molecule has 0 amide bonds. The molecule has 0 aromatic heterocycles. The molecule has 0 saturated carbocycles. The van der Waals surface area contributed by atoms with Crippen LogP contribution in [-0.2, 0) is 26.6 Å². The molecule has 6 rings (SSSR count). The normalized spacial score (nSPS) is 29.1. The second-order valence-corrected chi connectivity index (χ2v) is 10.5. The molecule has 2 saturated heterocycles. The van der Waals surface area contributed by atoms with Gasteiger partial charge in [-0.25, -0.2) is 0 Å². The third kappa shape index (κ3) is 2.06. The molecule has 2 atom stereocenters. The Kier molecular flexibility index (Phi) is 4.13. The van der Waals surface area contributed by atoms with E-state index in [4.69, 9.17) is 0 Å². The van der Waals surface area contributed by atoms with Gasteiger partial charge >= 0.3 is 146 Å². The van der Waals surface area contributed by atoms with Gasteiger partial charge in [-0.1, -0.05) is 0 Å². The van der Waals surface area contributed by atoms with Gasteiger partial charge in [0.25, 0.3) is 0 Å². The van der Waals surface area contributed by atoms with Crippen LogP contribution >= 0.6 is 0 Å². The van der Waals surface area contributed by atoms with Crippen molar-refractivity contribution in [3.05, 3.63) is 81.9 Å². The van der Waals surface area contributed by atoms with Gasteiger partial charge in [0.15, 0.2) is 0 Å². The number of rotatable bonds is 0. The zero-order valence-corrected chi connectivity index (χ0v) is 16.9. The van der Waals surface area contributed by atoms with Crippen molar-refractivity contribution in [3.63, 3.8) is 0 Å². The van der Waals surface area contributed by atoms with Crippen LogP contribution in [0.25, 0.3) is 12.2 Å². The molecule has 25 heavy (non-hydrogen) atoms. The Bertz CT molecular complexity index is 854. The van der Waals surface area contributed by atoms with Crippen molar-refractivity contribution in [2.24, 2.45) is 0 Å². The molecule has 2 unspecified atom stereocenters. The van der Waals surface area contributed by atoms with Crippen LogP contribution < -0.4 is 24.8 Å². The summed E-state index contributed by atoms with van der Waals surface area (Å²) in [5.74, 6) is 0. The molecule has 2 heterocycles. The van der Waals surface area contributed by atoms with E-state index in [2.05, 4.69) is 60.7 Å². The first-order chi connectivity index (χ1) is 11.3. The number of benzene rings is 2. The summed E-state index contributed by atoms with van der Waals surface area (Å²) in [5, 5.41) is 0. The SMILES string of the molecule is C1=C2CC[C]34[Ti+2][C]2(CCC3=Cc2ccccc24)c2ccccc21.[Cl-].[Cl-]. The number of allylic oxidation sites excluding steroid dienone is 2. The number of hydrogen-bond acceptors (Lipinski definition) is 0. The fraction of sp³-hybridized carbons (Fsp3) is 0.273. The van der Waals surface area contributed by atoms with Crippen LogP contribution in [0, 0.1) is 0 Å². The average molecular weight is 401 g/mol. The van der Waals surface area contributed by atoms with E-state index in [1.807, 2.05) is 0 Å². The van der Waals surface area contributed by atoms with E-state index < -0.39 is 0 Å². The number of fused-ring (bicyclic) bond motifs is 2. The van der Waals surface area contributed by atoms with Crippen molar-refractivity contribution >= 4 is 12.2 Å². The summed E-state index contributed by atoms with van der Waals surface area (Å²) < 4.78 is 0.896. The maximum atomic E-state index is 2.54. The zero-order chi connectivity index (χ0) is 15.1. The predicted octanol–water partition coefficient (Wildman–Crippen LogP) is -0.750. The number of hydrogen-bond donors (Lipinski definition) is 0. The molecule has 124 valence electrons.